The molecule has 0 spiro atoms. The number of rotatable bonds is 10. The third kappa shape index (κ3) is 7.45. The highest BCUT2D eigenvalue weighted by atomic mass is 16.6. The number of Topliss-reactive ketones (excluding diaryl/α,β-unsaturated/α-hetero) is 1. The van der Waals surface area contributed by atoms with Crippen molar-refractivity contribution in [1.29, 1.82) is 0 Å². The van der Waals surface area contributed by atoms with Crippen molar-refractivity contribution in [3.05, 3.63) is 47.0 Å². The summed E-state index contributed by atoms with van der Waals surface area (Å²) < 4.78 is 35.1. The molecular formula is C41H55NO15. The van der Waals surface area contributed by atoms with Crippen molar-refractivity contribution in [3.63, 3.8) is 0 Å². The lowest BCUT2D eigenvalue weighted by Crippen LogP contribution is -2.82. The number of benzene rings is 1. The van der Waals surface area contributed by atoms with Gasteiger partial charge in [0.1, 0.15) is 23.9 Å². The second kappa shape index (κ2) is 15.8. The van der Waals surface area contributed by atoms with E-state index in [1.165, 1.54) is 26.0 Å². The summed E-state index contributed by atoms with van der Waals surface area (Å²) in [5.74, 6) is -6.71. The van der Waals surface area contributed by atoms with Crippen molar-refractivity contribution >= 4 is 35.8 Å². The average molecular weight is 802 g/mol. The number of hydrogen-bond acceptors (Lipinski definition) is 15. The molecule has 0 radical (unpaired) electrons. The molecule has 2 bridgehead atoms. The van der Waals surface area contributed by atoms with Crippen LogP contribution in [-0.4, -0.2) is 118 Å². The number of aliphatic hydroxyl groups is 3. The van der Waals surface area contributed by atoms with Crippen molar-refractivity contribution in [1.82, 2.24) is 5.32 Å². The number of carbonyl (C=O) groups excluding carboxylic acids is 6. The van der Waals surface area contributed by atoms with E-state index in [2.05, 4.69) is 5.32 Å². The second-order valence-electron chi connectivity index (χ2n) is 17.0. The molecule has 1 unspecified atom stereocenters. The zero-order valence-electron chi connectivity index (χ0n) is 34.0. The van der Waals surface area contributed by atoms with E-state index in [-0.39, 0.29) is 29.7 Å². The van der Waals surface area contributed by atoms with Crippen LogP contribution in [0.5, 0.6) is 0 Å². The zero-order chi connectivity index (χ0) is 42.6. The fourth-order valence-corrected chi connectivity index (χ4v) is 9.37. The normalized spacial score (nSPS) is 33.9. The number of alkyl carbamates (subject to hydrolysis) is 1. The molecule has 5 rings (SSSR count). The number of aliphatic hydroxyl groups excluding tert-OH is 2. The van der Waals surface area contributed by atoms with Gasteiger partial charge in [0, 0.05) is 32.1 Å². The van der Waals surface area contributed by atoms with Crippen LogP contribution in [0.2, 0.25) is 0 Å². The molecule has 1 saturated heterocycles. The smallest absolute Gasteiger partial charge is 0.407 e. The third-order valence-corrected chi connectivity index (χ3v) is 12.4. The zero-order valence-corrected chi connectivity index (χ0v) is 34.0. The van der Waals surface area contributed by atoms with Crippen molar-refractivity contribution in [2.24, 2.45) is 22.7 Å². The second-order valence-corrected chi connectivity index (χ2v) is 17.0. The largest absolute Gasteiger partial charge is 0.456 e. The highest BCUT2D eigenvalue weighted by Crippen LogP contribution is 2.64. The Morgan fingerprint density at radius 2 is 1.58 bits per heavy atom. The molecule has 4 aliphatic rings. The first-order valence-electron chi connectivity index (χ1n) is 19.2. The summed E-state index contributed by atoms with van der Waals surface area (Å²) in [6, 6.07) is 6.64. The SMILES string of the molecule is CC(=O)O[C@H]1C(=O)[C@@]2(C)[C@H]([C@H](OC(=O)c3ccccc3)[C@]3(O)CC(OC(=O)[C@H](O)[C@@H](NC(=O)OC(C)C)C(C)C)C(C)=C1C3(C)C)[C@]1(OC(C)=O)CO[C@@H]1C[C@@H]2O. The van der Waals surface area contributed by atoms with Gasteiger partial charge in [0.25, 0.3) is 0 Å². The standard InChI is InChI=1S/C41H55NO15/c1-19(2)29(42-37(50)53-20(3)4)30(46)36(49)55-25-17-41(51)34(56-35(48)24-14-12-11-13-15-24)32-39(10,26(45)16-27-40(32,18-52-27)57-23(7)44)33(47)31(54-22(6)43)28(21(25)5)38(41,8)9/h11-15,19-20,25-27,29-32,34,45-46,51H,16-18H2,1-10H3,(H,42,50)/t25?,26-,27+,29-,30+,31+,32-,34-,39+,40-,41+/m0/s1. The van der Waals surface area contributed by atoms with Crippen LogP contribution in [0.3, 0.4) is 0 Å². The number of fused-ring (bicyclic) bond motifs is 5. The molecule has 16 nitrogen and oxygen atoms in total. The number of carbonyl (C=O) groups is 6. The topological polar surface area (TPSA) is 231 Å². The Labute approximate surface area is 331 Å². The number of hydrogen-bond donors (Lipinski definition) is 4. The molecule has 57 heavy (non-hydrogen) atoms. The molecule has 1 aromatic carbocycles. The predicted octanol–water partition coefficient (Wildman–Crippen LogP) is 2.72. The van der Waals surface area contributed by atoms with Crippen molar-refractivity contribution in [2.45, 2.75) is 142 Å². The highest BCUT2D eigenvalue weighted by Gasteiger charge is 2.78. The van der Waals surface area contributed by atoms with Gasteiger partial charge in [-0.15, -0.1) is 0 Å². The van der Waals surface area contributed by atoms with Gasteiger partial charge in [-0.25, -0.2) is 14.4 Å². The number of ketones is 1. The molecule has 2 saturated carbocycles. The fraction of sp³-hybridized carbons (Fsp3) is 0.659. The fourth-order valence-electron chi connectivity index (χ4n) is 9.37. The maximum absolute atomic E-state index is 15.3. The van der Waals surface area contributed by atoms with Crippen LogP contribution in [-0.2, 0) is 47.6 Å². The van der Waals surface area contributed by atoms with Crippen LogP contribution in [0.25, 0.3) is 0 Å². The van der Waals surface area contributed by atoms with Gasteiger partial charge in [-0.2, -0.15) is 0 Å². The molecule has 1 heterocycles. The van der Waals surface area contributed by atoms with E-state index in [9.17, 15) is 39.3 Å². The Bertz CT molecular complexity index is 1810. The summed E-state index contributed by atoms with van der Waals surface area (Å²) in [5.41, 5.74) is -7.55. The lowest BCUT2D eigenvalue weighted by atomic mass is 9.44. The minimum absolute atomic E-state index is 0.00365. The molecular weight excluding hydrogens is 746 g/mol. The molecule has 1 aromatic rings. The van der Waals surface area contributed by atoms with Crippen molar-refractivity contribution < 1.29 is 72.5 Å². The lowest BCUT2D eigenvalue weighted by Gasteiger charge is -2.67. The van der Waals surface area contributed by atoms with Gasteiger partial charge in [0.15, 0.2) is 23.6 Å². The van der Waals surface area contributed by atoms with Crippen molar-refractivity contribution in [2.75, 3.05) is 6.61 Å². The minimum Gasteiger partial charge on any atom is -0.456 e. The quantitative estimate of drug-likeness (QED) is 0.151. The van der Waals surface area contributed by atoms with Gasteiger partial charge in [0.2, 0.25) is 0 Å². The summed E-state index contributed by atoms with van der Waals surface area (Å²) in [7, 11) is 0. The van der Waals surface area contributed by atoms with Gasteiger partial charge < -0.3 is 49.1 Å². The Morgan fingerprint density at radius 3 is 2.11 bits per heavy atom. The molecule has 3 aliphatic carbocycles. The van der Waals surface area contributed by atoms with Crippen molar-refractivity contribution in [3.8, 4) is 0 Å². The maximum atomic E-state index is 15.3. The maximum Gasteiger partial charge on any atom is 0.407 e. The Kier molecular flexibility index (Phi) is 12.1. The summed E-state index contributed by atoms with van der Waals surface area (Å²) in [4.78, 5) is 81.7. The Morgan fingerprint density at radius 1 is 0.947 bits per heavy atom. The van der Waals surface area contributed by atoms with E-state index in [0.717, 1.165) is 13.8 Å². The highest BCUT2D eigenvalue weighted by molar-refractivity contribution is 5.95. The summed E-state index contributed by atoms with van der Waals surface area (Å²) >= 11 is 0. The van der Waals surface area contributed by atoms with E-state index in [4.69, 9.17) is 28.4 Å². The first kappa shape index (κ1) is 43.7. The van der Waals surface area contributed by atoms with Crippen LogP contribution < -0.4 is 5.32 Å². The van der Waals surface area contributed by atoms with E-state index < -0.39 is 125 Å². The van der Waals surface area contributed by atoms with E-state index in [1.54, 1.807) is 59.7 Å². The van der Waals surface area contributed by atoms with Gasteiger partial charge in [-0.3, -0.25) is 14.4 Å². The van der Waals surface area contributed by atoms with Gasteiger partial charge in [-0.05, 0) is 56.9 Å². The van der Waals surface area contributed by atoms with E-state index in [1.807, 2.05) is 0 Å². The molecule has 4 N–H and O–H groups in total. The predicted molar refractivity (Wildman–Crippen MR) is 198 cm³/mol. The number of ether oxygens (including phenoxy) is 6. The molecule has 0 aromatic heterocycles. The minimum atomic E-state index is -2.37. The van der Waals surface area contributed by atoms with E-state index >= 15 is 4.79 Å². The van der Waals surface area contributed by atoms with Gasteiger partial charge in [0.05, 0.1) is 41.8 Å². The summed E-state index contributed by atoms with van der Waals surface area (Å²) in [6.45, 7) is 14.5. The summed E-state index contributed by atoms with van der Waals surface area (Å²) in [6.07, 6.45) is -11.7. The first-order chi connectivity index (χ1) is 26.4. The number of amides is 1. The Hall–Kier alpha value is -4.38. The van der Waals surface area contributed by atoms with Crippen LogP contribution in [0.15, 0.2) is 41.5 Å². The summed E-state index contributed by atoms with van der Waals surface area (Å²) in [5, 5.41) is 39.3. The van der Waals surface area contributed by atoms with Crippen LogP contribution in [0.4, 0.5) is 4.79 Å². The number of esters is 4. The molecule has 1 aliphatic heterocycles. The molecule has 1 amide bonds. The third-order valence-electron chi connectivity index (χ3n) is 12.4. The van der Waals surface area contributed by atoms with Gasteiger partial charge >= 0.3 is 30.0 Å². The average Bonchev–Trinajstić information content (AvgIpc) is 3.11. The van der Waals surface area contributed by atoms with Crippen LogP contribution >= 0.6 is 0 Å². The molecule has 11 atom stereocenters. The lowest BCUT2D eigenvalue weighted by molar-refractivity contribution is -0.346. The van der Waals surface area contributed by atoms with Crippen LogP contribution in [0, 0.1) is 22.7 Å². The first-order valence-corrected chi connectivity index (χ1v) is 19.2. The number of nitrogens with one attached hydrogen (secondary N) is 1. The molecule has 16 heteroatoms. The van der Waals surface area contributed by atoms with Gasteiger partial charge in [-0.1, -0.05) is 45.9 Å². The molecule has 3 fully saturated rings. The monoisotopic (exact) mass is 801 g/mol. The Balaban J connectivity index is 1.74. The van der Waals surface area contributed by atoms with E-state index in [0.29, 0.717) is 0 Å². The molecule has 314 valence electrons. The van der Waals surface area contributed by atoms with Crippen LogP contribution in [0.1, 0.15) is 92.4 Å².